The van der Waals surface area contributed by atoms with Gasteiger partial charge in [0.15, 0.2) is 0 Å². The first-order chi connectivity index (χ1) is 7.99. The summed E-state index contributed by atoms with van der Waals surface area (Å²) in [7, 11) is 0. The number of fused-ring (bicyclic) bond motifs is 2. The molecule has 2 heterocycles. The lowest BCUT2D eigenvalue weighted by atomic mass is 9.88. The van der Waals surface area contributed by atoms with Crippen molar-refractivity contribution >= 4 is 23.2 Å². The van der Waals surface area contributed by atoms with Gasteiger partial charge in [0.05, 0.1) is 5.56 Å². The lowest BCUT2D eigenvalue weighted by molar-refractivity contribution is 0.0699. The zero-order valence-electron chi connectivity index (χ0n) is 9.96. The minimum Gasteiger partial charge on any atom is -0.364 e. The zero-order chi connectivity index (χ0) is 12.2. The number of nitrogens with zero attached hydrogens (tertiary/aromatic N) is 1. The number of carbonyl (C=O) groups is 1. The van der Waals surface area contributed by atoms with E-state index < -0.39 is 0 Å². The molecule has 3 nitrogen and oxygen atoms in total. The number of anilines is 1. The van der Waals surface area contributed by atoms with Crippen LogP contribution >= 0.6 is 11.6 Å². The second-order valence-electron chi connectivity index (χ2n) is 5.47. The van der Waals surface area contributed by atoms with Crippen LogP contribution in [-0.4, -0.2) is 23.5 Å². The Kier molecular flexibility index (Phi) is 2.17. The van der Waals surface area contributed by atoms with Crippen molar-refractivity contribution in [2.45, 2.75) is 26.4 Å². The second-order valence-corrected chi connectivity index (χ2v) is 5.91. The van der Waals surface area contributed by atoms with Crippen LogP contribution in [0.15, 0.2) is 18.2 Å². The Labute approximate surface area is 106 Å². The quantitative estimate of drug-likeness (QED) is 0.768. The molecule has 1 atom stereocenters. The molecule has 17 heavy (non-hydrogen) atoms. The zero-order valence-corrected chi connectivity index (χ0v) is 10.7. The summed E-state index contributed by atoms with van der Waals surface area (Å²) in [6.07, 6.45) is 1.13. The fraction of sp³-hybridized carbons (Fsp3) is 0.462. The van der Waals surface area contributed by atoms with Gasteiger partial charge in [-0.1, -0.05) is 25.4 Å². The third-order valence-corrected chi connectivity index (χ3v) is 4.05. The van der Waals surface area contributed by atoms with E-state index in [-0.39, 0.29) is 17.5 Å². The van der Waals surface area contributed by atoms with Gasteiger partial charge in [-0.3, -0.25) is 4.79 Å². The van der Waals surface area contributed by atoms with E-state index in [1.165, 1.54) is 0 Å². The van der Waals surface area contributed by atoms with Gasteiger partial charge in [0, 0.05) is 22.7 Å². The largest absolute Gasteiger partial charge is 0.364 e. The molecule has 1 unspecified atom stereocenters. The highest BCUT2D eigenvalue weighted by Crippen LogP contribution is 2.41. The van der Waals surface area contributed by atoms with Crippen LogP contribution < -0.4 is 5.32 Å². The fourth-order valence-electron chi connectivity index (χ4n) is 2.71. The van der Waals surface area contributed by atoms with E-state index >= 15 is 0 Å². The third-order valence-electron chi connectivity index (χ3n) is 3.81. The van der Waals surface area contributed by atoms with Gasteiger partial charge in [-0.05, 0) is 24.6 Å². The number of hydrogen-bond donors (Lipinski definition) is 1. The van der Waals surface area contributed by atoms with Crippen molar-refractivity contribution in [2.75, 3.05) is 11.9 Å². The van der Waals surface area contributed by atoms with Crippen molar-refractivity contribution < 1.29 is 4.79 Å². The molecule has 4 heteroatoms. The molecule has 1 saturated heterocycles. The second kappa shape index (κ2) is 3.39. The van der Waals surface area contributed by atoms with Crippen LogP contribution in [0.2, 0.25) is 5.02 Å². The van der Waals surface area contributed by atoms with E-state index in [0.29, 0.717) is 10.6 Å². The van der Waals surface area contributed by atoms with Gasteiger partial charge in [-0.25, -0.2) is 0 Å². The molecule has 1 fully saturated rings. The summed E-state index contributed by atoms with van der Waals surface area (Å²) in [6.45, 7) is 5.20. The molecule has 0 radical (unpaired) electrons. The molecule has 1 amide bonds. The SMILES string of the molecule is CC1(C)CCN2C(=O)c3cc(Cl)ccc3NC21. The Bertz CT molecular complexity index is 498. The monoisotopic (exact) mass is 250 g/mol. The molecule has 0 aliphatic carbocycles. The molecular weight excluding hydrogens is 236 g/mol. The molecule has 0 saturated carbocycles. The molecule has 0 bridgehead atoms. The molecule has 1 N–H and O–H groups in total. The normalized spacial score (nSPS) is 25.2. The predicted octanol–water partition coefficient (Wildman–Crippen LogP) is 2.96. The highest BCUT2D eigenvalue weighted by atomic mass is 35.5. The van der Waals surface area contributed by atoms with Crippen molar-refractivity contribution in [3.8, 4) is 0 Å². The maximum Gasteiger partial charge on any atom is 0.257 e. The molecule has 1 aromatic carbocycles. The van der Waals surface area contributed by atoms with Gasteiger partial charge < -0.3 is 10.2 Å². The first kappa shape index (κ1) is 10.9. The summed E-state index contributed by atoms with van der Waals surface area (Å²) < 4.78 is 0. The molecule has 2 aliphatic heterocycles. The topological polar surface area (TPSA) is 32.3 Å². The summed E-state index contributed by atoms with van der Waals surface area (Å²) in [5.41, 5.74) is 1.70. The van der Waals surface area contributed by atoms with E-state index in [1.807, 2.05) is 17.0 Å². The first-order valence-corrected chi connectivity index (χ1v) is 6.24. The Morgan fingerprint density at radius 3 is 3.00 bits per heavy atom. The van der Waals surface area contributed by atoms with Gasteiger partial charge in [0.2, 0.25) is 0 Å². The minimum absolute atomic E-state index is 0.0943. The minimum atomic E-state index is 0.0943. The van der Waals surface area contributed by atoms with Crippen LogP contribution in [0.4, 0.5) is 5.69 Å². The van der Waals surface area contributed by atoms with Gasteiger partial charge >= 0.3 is 0 Å². The highest BCUT2D eigenvalue weighted by Gasteiger charge is 2.46. The van der Waals surface area contributed by atoms with E-state index in [0.717, 1.165) is 18.7 Å². The number of nitrogens with one attached hydrogen (secondary N) is 1. The molecular formula is C13H15ClN2O. The number of halogens is 1. The Hall–Kier alpha value is -1.22. The average molecular weight is 251 g/mol. The van der Waals surface area contributed by atoms with Crippen molar-refractivity contribution in [2.24, 2.45) is 5.41 Å². The summed E-state index contributed by atoms with van der Waals surface area (Å²) in [5.74, 6) is 0.0943. The first-order valence-electron chi connectivity index (χ1n) is 5.86. The van der Waals surface area contributed by atoms with E-state index in [4.69, 9.17) is 11.6 Å². The molecule has 3 rings (SSSR count). The molecule has 2 aliphatic rings. The number of rotatable bonds is 0. The summed E-state index contributed by atoms with van der Waals surface area (Å²) in [5, 5.41) is 4.06. The van der Waals surface area contributed by atoms with Crippen molar-refractivity contribution in [1.82, 2.24) is 4.90 Å². The lowest BCUT2D eigenvalue weighted by Gasteiger charge is -2.38. The van der Waals surface area contributed by atoms with Gasteiger partial charge in [-0.2, -0.15) is 0 Å². The van der Waals surface area contributed by atoms with Gasteiger partial charge in [0.25, 0.3) is 5.91 Å². The van der Waals surface area contributed by atoms with Crippen molar-refractivity contribution in [3.05, 3.63) is 28.8 Å². The Morgan fingerprint density at radius 2 is 2.24 bits per heavy atom. The van der Waals surface area contributed by atoms with Crippen LogP contribution in [-0.2, 0) is 0 Å². The maximum absolute atomic E-state index is 12.4. The molecule has 90 valence electrons. The highest BCUT2D eigenvalue weighted by molar-refractivity contribution is 6.31. The van der Waals surface area contributed by atoms with Crippen LogP contribution in [0.25, 0.3) is 0 Å². The number of hydrogen-bond acceptors (Lipinski definition) is 2. The number of carbonyl (C=O) groups excluding carboxylic acids is 1. The van der Waals surface area contributed by atoms with E-state index in [1.54, 1.807) is 6.07 Å². The fourth-order valence-corrected chi connectivity index (χ4v) is 2.88. The van der Waals surface area contributed by atoms with E-state index in [9.17, 15) is 4.79 Å². The summed E-state index contributed by atoms with van der Waals surface area (Å²) >= 11 is 5.94. The van der Waals surface area contributed by atoms with Crippen LogP contribution in [0.3, 0.4) is 0 Å². The van der Waals surface area contributed by atoms with E-state index in [2.05, 4.69) is 19.2 Å². The van der Waals surface area contributed by atoms with Gasteiger partial charge in [0.1, 0.15) is 6.17 Å². The molecule has 0 spiro atoms. The van der Waals surface area contributed by atoms with Crippen LogP contribution in [0, 0.1) is 5.41 Å². The smallest absolute Gasteiger partial charge is 0.257 e. The lowest BCUT2D eigenvalue weighted by Crippen LogP contribution is -2.49. The third kappa shape index (κ3) is 1.53. The number of amides is 1. The van der Waals surface area contributed by atoms with Crippen LogP contribution in [0.1, 0.15) is 30.6 Å². The molecule has 0 aromatic heterocycles. The standard InChI is InChI=1S/C13H15ClN2O/c1-13(2)5-6-16-11(17)9-7-8(14)3-4-10(9)15-12(13)16/h3-4,7,12,15H,5-6H2,1-2H3. The summed E-state index contributed by atoms with van der Waals surface area (Å²) in [6, 6.07) is 5.45. The average Bonchev–Trinajstić information content (AvgIpc) is 2.57. The van der Waals surface area contributed by atoms with Crippen molar-refractivity contribution in [1.29, 1.82) is 0 Å². The Balaban J connectivity index is 2.08. The molecule has 1 aromatic rings. The van der Waals surface area contributed by atoms with Crippen molar-refractivity contribution in [3.63, 3.8) is 0 Å². The predicted molar refractivity (Wildman–Crippen MR) is 68.3 cm³/mol. The summed E-state index contributed by atoms with van der Waals surface area (Å²) in [4.78, 5) is 14.3. The Morgan fingerprint density at radius 1 is 1.47 bits per heavy atom. The van der Waals surface area contributed by atoms with Gasteiger partial charge in [-0.15, -0.1) is 0 Å². The van der Waals surface area contributed by atoms with Crippen LogP contribution in [0.5, 0.6) is 0 Å². The maximum atomic E-state index is 12.4. The number of benzene rings is 1.